The van der Waals surface area contributed by atoms with Gasteiger partial charge in [0.05, 0.1) is 21.7 Å². The molecule has 8 nitrogen and oxygen atoms in total. The number of nitrogens with one attached hydrogen (secondary N) is 1. The summed E-state index contributed by atoms with van der Waals surface area (Å²) in [7, 11) is 0. The van der Waals surface area contributed by atoms with E-state index in [0.29, 0.717) is 27.3 Å². The Balaban J connectivity index is 1.48. The van der Waals surface area contributed by atoms with Crippen LogP contribution in [0.5, 0.6) is 17.2 Å². The van der Waals surface area contributed by atoms with Crippen molar-refractivity contribution in [2.45, 2.75) is 20.5 Å². The lowest BCUT2D eigenvalue weighted by molar-refractivity contribution is -0.384. The van der Waals surface area contributed by atoms with Crippen LogP contribution < -0.4 is 14.8 Å². The zero-order valence-corrected chi connectivity index (χ0v) is 20.7. The molecule has 0 unspecified atom stereocenters. The quantitative estimate of drug-likeness (QED) is 0.186. The molecule has 184 valence electrons. The second-order valence-corrected chi connectivity index (χ2v) is 8.83. The van der Waals surface area contributed by atoms with Gasteiger partial charge >= 0.3 is 0 Å². The number of aryl methyl sites for hydroxylation is 2. The number of nitro benzene ring substituents is 1. The molecule has 36 heavy (non-hydrogen) atoms. The van der Waals surface area contributed by atoms with Crippen molar-refractivity contribution in [3.05, 3.63) is 110 Å². The highest BCUT2D eigenvalue weighted by atomic mass is 35.5. The molecule has 0 radical (unpaired) electrons. The topological polar surface area (TPSA) is 104 Å². The number of rotatable bonds is 8. The van der Waals surface area contributed by atoms with E-state index < -0.39 is 10.8 Å². The monoisotopic (exact) mass is 526 g/mol. The van der Waals surface area contributed by atoms with E-state index in [4.69, 9.17) is 37.1 Å². The highest BCUT2D eigenvalue weighted by Crippen LogP contribution is 2.31. The van der Waals surface area contributed by atoms with Crippen LogP contribution in [0.2, 0.25) is 10.0 Å². The Morgan fingerprint density at radius 3 is 2.39 bits per heavy atom. The van der Waals surface area contributed by atoms with Gasteiger partial charge in [-0.25, -0.2) is 0 Å². The summed E-state index contributed by atoms with van der Waals surface area (Å²) in [6.45, 7) is 3.87. The molecule has 0 atom stereocenters. The summed E-state index contributed by atoms with van der Waals surface area (Å²) in [5.41, 5.74) is 1.91. The van der Waals surface area contributed by atoms with Crippen LogP contribution in [0, 0.1) is 24.0 Å². The molecule has 4 aromatic rings. The largest absolute Gasteiger partial charge is 0.484 e. The Hall–Kier alpha value is -4.01. The third-order valence-electron chi connectivity index (χ3n) is 4.94. The summed E-state index contributed by atoms with van der Waals surface area (Å²) >= 11 is 12.0. The molecule has 0 saturated carbocycles. The van der Waals surface area contributed by atoms with Gasteiger partial charge in [-0.2, -0.15) is 0 Å². The molecule has 0 aliphatic carbocycles. The van der Waals surface area contributed by atoms with Gasteiger partial charge in [0.15, 0.2) is 5.76 Å². The Morgan fingerprint density at radius 2 is 1.69 bits per heavy atom. The molecule has 4 rings (SSSR count). The molecular formula is C26H20Cl2N2O6. The lowest BCUT2D eigenvalue weighted by Gasteiger charge is -2.10. The van der Waals surface area contributed by atoms with Crippen LogP contribution in [0.3, 0.4) is 0 Å². The fraction of sp³-hybridized carbons (Fsp3) is 0.115. The predicted octanol–water partition coefficient (Wildman–Crippen LogP) is 7.74. The summed E-state index contributed by atoms with van der Waals surface area (Å²) < 4.78 is 17.0. The molecule has 0 fully saturated rings. The van der Waals surface area contributed by atoms with E-state index in [1.165, 1.54) is 24.3 Å². The molecule has 3 aromatic carbocycles. The number of carbonyl (C=O) groups is 1. The molecule has 1 N–H and O–H groups in total. The van der Waals surface area contributed by atoms with Crippen molar-refractivity contribution in [3.63, 3.8) is 0 Å². The van der Waals surface area contributed by atoms with Crippen LogP contribution in [0.25, 0.3) is 0 Å². The van der Waals surface area contributed by atoms with E-state index in [-0.39, 0.29) is 29.5 Å². The number of nitrogens with zero attached hydrogens (tertiary/aromatic N) is 1. The second kappa shape index (κ2) is 10.7. The number of non-ortho nitro benzene ring substituents is 1. The van der Waals surface area contributed by atoms with Crippen molar-refractivity contribution >= 4 is 40.5 Å². The first-order valence-corrected chi connectivity index (χ1v) is 11.5. The molecule has 10 heteroatoms. The highest BCUT2D eigenvalue weighted by molar-refractivity contribution is 6.35. The van der Waals surface area contributed by atoms with Gasteiger partial charge in [-0.15, -0.1) is 0 Å². The Labute approximate surface area is 216 Å². The molecule has 0 spiro atoms. The Bertz CT molecular complexity index is 1430. The molecule has 1 aromatic heterocycles. The van der Waals surface area contributed by atoms with Crippen molar-refractivity contribution in [3.8, 4) is 17.2 Å². The molecule has 1 amide bonds. The van der Waals surface area contributed by atoms with Gasteiger partial charge in [0.25, 0.3) is 11.6 Å². The summed E-state index contributed by atoms with van der Waals surface area (Å²) in [6, 6.07) is 17.5. The highest BCUT2D eigenvalue weighted by Gasteiger charge is 2.17. The minimum atomic E-state index is -0.594. The van der Waals surface area contributed by atoms with Gasteiger partial charge in [0.1, 0.15) is 29.6 Å². The maximum Gasteiger partial charge on any atom is 0.291 e. The van der Waals surface area contributed by atoms with Crippen LogP contribution in [0.1, 0.15) is 27.4 Å². The normalized spacial score (nSPS) is 10.7. The Morgan fingerprint density at radius 1 is 0.972 bits per heavy atom. The first-order chi connectivity index (χ1) is 17.2. The fourth-order valence-electron chi connectivity index (χ4n) is 3.46. The van der Waals surface area contributed by atoms with Gasteiger partial charge in [-0.05, 0) is 67.4 Å². The lowest BCUT2D eigenvalue weighted by atomic mass is 10.1. The minimum absolute atomic E-state index is 0.000846. The summed E-state index contributed by atoms with van der Waals surface area (Å²) in [6.07, 6.45) is 0. The van der Waals surface area contributed by atoms with Gasteiger partial charge in [-0.3, -0.25) is 14.9 Å². The molecule has 0 aliphatic heterocycles. The van der Waals surface area contributed by atoms with E-state index in [0.717, 1.165) is 11.1 Å². The lowest BCUT2D eigenvalue weighted by Crippen LogP contribution is -2.11. The third-order valence-corrected chi connectivity index (χ3v) is 5.47. The molecule has 0 saturated heterocycles. The first-order valence-electron chi connectivity index (χ1n) is 10.7. The number of halogens is 2. The number of ether oxygens (including phenoxy) is 2. The maximum absolute atomic E-state index is 12.7. The molecule has 1 heterocycles. The fourth-order valence-corrected chi connectivity index (χ4v) is 3.92. The van der Waals surface area contributed by atoms with Crippen molar-refractivity contribution in [2.75, 3.05) is 5.32 Å². The van der Waals surface area contributed by atoms with Gasteiger partial charge in [0, 0.05) is 17.2 Å². The number of hydrogen-bond donors (Lipinski definition) is 1. The Kier molecular flexibility index (Phi) is 7.47. The van der Waals surface area contributed by atoms with Crippen molar-refractivity contribution < 1.29 is 23.6 Å². The second-order valence-electron chi connectivity index (χ2n) is 7.98. The van der Waals surface area contributed by atoms with Gasteiger partial charge in [0.2, 0.25) is 0 Å². The number of carbonyl (C=O) groups excluding carboxylic acids is 1. The third kappa shape index (κ3) is 6.35. The zero-order valence-electron chi connectivity index (χ0n) is 19.2. The zero-order chi connectivity index (χ0) is 25.8. The van der Waals surface area contributed by atoms with Crippen molar-refractivity contribution in [1.82, 2.24) is 0 Å². The number of amides is 1. The molecular weight excluding hydrogens is 507 g/mol. The summed E-state index contributed by atoms with van der Waals surface area (Å²) in [4.78, 5) is 23.6. The van der Waals surface area contributed by atoms with Crippen molar-refractivity contribution in [2.24, 2.45) is 0 Å². The van der Waals surface area contributed by atoms with Gasteiger partial charge in [-0.1, -0.05) is 29.3 Å². The molecule has 0 bridgehead atoms. The van der Waals surface area contributed by atoms with E-state index in [1.54, 1.807) is 24.3 Å². The van der Waals surface area contributed by atoms with E-state index in [2.05, 4.69) is 5.32 Å². The van der Waals surface area contributed by atoms with E-state index in [9.17, 15) is 14.9 Å². The molecule has 0 aliphatic rings. The standard InChI is InChI=1S/C26H20Cl2N2O6/c1-15-7-16(2)9-21(8-15)35-22-12-18(11-19(13-22)30(32)33)29-26(31)25-6-4-20(36-25)14-34-24-5-3-17(27)10-23(24)28/h3-13H,14H2,1-2H3,(H,29,31). The number of hydrogen-bond acceptors (Lipinski definition) is 6. The number of anilines is 1. The van der Waals surface area contributed by atoms with Crippen molar-refractivity contribution in [1.29, 1.82) is 0 Å². The van der Waals surface area contributed by atoms with E-state index >= 15 is 0 Å². The number of nitro groups is 1. The smallest absolute Gasteiger partial charge is 0.291 e. The first kappa shape index (κ1) is 25.1. The van der Waals surface area contributed by atoms with E-state index in [1.807, 2.05) is 32.0 Å². The van der Waals surface area contributed by atoms with Crippen LogP contribution in [-0.4, -0.2) is 10.8 Å². The summed E-state index contributed by atoms with van der Waals surface area (Å²) in [5, 5.41) is 14.9. The van der Waals surface area contributed by atoms with Crippen LogP contribution >= 0.6 is 23.2 Å². The maximum atomic E-state index is 12.7. The average Bonchev–Trinajstić information content (AvgIpc) is 3.27. The SMILES string of the molecule is Cc1cc(C)cc(Oc2cc(NC(=O)c3ccc(COc4ccc(Cl)cc4Cl)o3)cc([N+](=O)[O-])c2)c1. The van der Waals surface area contributed by atoms with Crippen LogP contribution in [0.15, 0.2) is 71.1 Å². The van der Waals surface area contributed by atoms with Gasteiger partial charge < -0.3 is 19.2 Å². The average molecular weight is 527 g/mol. The van der Waals surface area contributed by atoms with Crippen LogP contribution in [-0.2, 0) is 6.61 Å². The van der Waals surface area contributed by atoms with Crippen LogP contribution in [0.4, 0.5) is 11.4 Å². The number of benzene rings is 3. The predicted molar refractivity (Wildman–Crippen MR) is 137 cm³/mol. The number of furan rings is 1. The summed E-state index contributed by atoms with van der Waals surface area (Å²) in [5.74, 6) is 0.933. The minimum Gasteiger partial charge on any atom is -0.484 e.